The molecule has 0 saturated heterocycles. The minimum absolute atomic E-state index is 0.336. The molecule has 7 aromatic carbocycles. The largest absolute Gasteiger partial charge is 0.320 e. The monoisotopic (exact) mass is 738 g/mol. The summed E-state index contributed by atoms with van der Waals surface area (Å²) in [6.45, 7) is 10.1. The third kappa shape index (κ3) is 6.28. The molecule has 0 fully saturated rings. The lowest BCUT2D eigenvalue weighted by Gasteiger charge is -2.10. The number of fused-ring (bicyclic) bond motifs is 8. The number of amidine groups is 2. The molecule has 0 aliphatic rings. The van der Waals surface area contributed by atoms with Crippen molar-refractivity contribution >= 4 is 82.5 Å². The Kier molecular flexibility index (Phi) is 9.36. The Morgan fingerprint density at radius 2 is 1.46 bits per heavy atom. The van der Waals surface area contributed by atoms with Crippen LogP contribution in [-0.4, -0.2) is 23.0 Å². The SMILES string of the molecule is C=C\C=C/C(=C\C)C(/N=C(N=C)c1ccccc1)=N/Cn1c2ccc(-c3ccccc3)cc2c2ccc3sc4c(-c5ccc6ccccc6c5)cccc4c3c21. The molecule has 268 valence electrons. The van der Waals surface area contributed by atoms with E-state index in [9.17, 15) is 0 Å². The minimum Gasteiger partial charge on any atom is -0.320 e. The Balaban J connectivity index is 1.30. The van der Waals surface area contributed by atoms with E-state index in [2.05, 4.69) is 144 Å². The molecule has 0 aliphatic heterocycles. The Morgan fingerprint density at radius 3 is 2.25 bits per heavy atom. The van der Waals surface area contributed by atoms with Crippen molar-refractivity contribution in [3.05, 3.63) is 194 Å². The number of hydrogen-bond acceptors (Lipinski definition) is 2. The van der Waals surface area contributed by atoms with E-state index in [1.807, 2.05) is 66.8 Å². The predicted octanol–water partition coefficient (Wildman–Crippen LogP) is 13.8. The van der Waals surface area contributed by atoms with Crippen molar-refractivity contribution in [2.45, 2.75) is 13.6 Å². The molecular formula is C51H38N4S. The van der Waals surface area contributed by atoms with Gasteiger partial charge in [0.1, 0.15) is 6.67 Å². The van der Waals surface area contributed by atoms with Gasteiger partial charge in [0.2, 0.25) is 0 Å². The maximum atomic E-state index is 5.30. The van der Waals surface area contributed by atoms with Gasteiger partial charge in [0.15, 0.2) is 11.7 Å². The third-order valence-electron chi connectivity index (χ3n) is 10.4. The molecule has 0 N–H and O–H groups in total. The van der Waals surface area contributed by atoms with Crippen LogP contribution in [0.1, 0.15) is 12.5 Å². The van der Waals surface area contributed by atoms with Crippen molar-refractivity contribution in [1.29, 1.82) is 0 Å². The second-order valence-corrected chi connectivity index (χ2v) is 14.7. The average Bonchev–Trinajstić information content (AvgIpc) is 3.80. The molecule has 0 radical (unpaired) electrons. The van der Waals surface area contributed by atoms with Gasteiger partial charge in [-0.05, 0) is 70.9 Å². The van der Waals surface area contributed by atoms with E-state index in [0.29, 0.717) is 18.3 Å². The fraction of sp³-hybridized carbons (Fsp3) is 0.0392. The zero-order valence-electron chi connectivity index (χ0n) is 31.1. The van der Waals surface area contributed by atoms with Crippen molar-refractivity contribution < 1.29 is 0 Å². The zero-order chi connectivity index (χ0) is 38.0. The molecule has 0 spiro atoms. The van der Waals surface area contributed by atoms with Gasteiger partial charge in [-0.2, -0.15) is 0 Å². The van der Waals surface area contributed by atoms with Gasteiger partial charge in [-0.1, -0.05) is 158 Å². The molecule has 2 heterocycles. The highest BCUT2D eigenvalue weighted by Gasteiger charge is 2.20. The molecule has 4 nitrogen and oxygen atoms in total. The molecule has 0 saturated carbocycles. The number of thiophene rings is 1. The number of aliphatic imine (C=N–C) groups is 3. The van der Waals surface area contributed by atoms with Crippen molar-refractivity contribution in [3.63, 3.8) is 0 Å². The van der Waals surface area contributed by atoms with Crippen LogP contribution in [0, 0.1) is 0 Å². The van der Waals surface area contributed by atoms with Crippen LogP contribution in [0.4, 0.5) is 0 Å². The Labute approximate surface area is 330 Å². The van der Waals surface area contributed by atoms with Crippen LogP contribution in [0.15, 0.2) is 203 Å². The van der Waals surface area contributed by atoms with Crippen LogP contribution in [-0.2, 0) is 6.67 Å². The van der Waals surface area contributed by atoms with E-state index in [1.165, 1.54) is 64.0 Å². The second kappa shape index (κ2) is 15.1. The van der Waals surface area contributed by atoms with Crippen LogP contribution < -0.4 is 0 Å². The second-order valence-electron chi connectivity index (χ2n) is 13.6. The summed E-state index contributed by atoms with van der Waals surface area (Å²) in [5, 5.41) is 7.33. The van der Waals surface area contributed by atoms with Crippen LogP contribution in [0.5, 0.6) is 0 Å². The van der Waals surface area contributed by atoms with E-state index >= 15 is 0 Å². The predicted molar refractivity (Wildman–Crippen MR) is 244 cm³/mol. The molecule has 0 unspecified atom stereocenters. The van der Waals surface area contributed by atoms with Gasteiger partial charge in [0.05, 0.1) is 11.0 Å². The number of hydrogen-bond donors (Lipinski definition) is 0. The number of aromatic nitrogens is 1. The van der Waals surface area contributed by atoms with E-state index in [4.69, 9.17) is 9.98 Å². The van der Waals surface area contributed by atoms with E-state index in [1.54, 1.807) is 6.08 Å². The summed E-state index contributed by atoms with van der Waals surface area (Å²) >= 11 is 1.86. The van der Waals surface area contributed by atoms with Gasteiger partial charge < -0.3 is 4.57 Å². The maximum Gasteiger partial charge on any atom is 0.161 e. The molecule has 5 heteroatoms. The molecule has 0 aliphatic carbocycles. The van der Waals surface area contributed by atoms with E-state index < -0.39 is 0 Å². The first kappa shape index (κ1) is 34.8. The normalized spacial score (nSPS) is 12.8. The molecule has 0 amide bonds. The maximum absolute atomic E-state index is 5.30. The average molecular weight is 739 g/mol. The first-order chi connectivity index (χ1) is 27.6. The highest BCUT2D eigenvalue weighted by molar-refractivity contribution is 7.26. The summed E-state index contributed by atoms with van der Waals surface area (Å²) in [6, 6.07) is 53.9. The minimum atomic E-state index is 0.336. The third-order valence-corrected chi connectivity index (χ3v) is 11.6. The first-order valence-corrected chi connectivity index (χ1v) is 19.5. The Morgan fingerprint density at radius 1 is 0.696 bits per heavy atom. The standard InChI is InChI=1S/C51H38N4S/c1-4-6-16-34(5-2)51(54-50(52-3)37-20-11-8-12-21-37)53-33-55-45-29-27-39(35-17-9-7-10-18-35)32-44(45)42-28-30-46-47(48(42)55)43-24-15-23-41(49(43)56-46)40-26-25-36-19-13-14-22-38(36)31-40/h4-32H,1,3,33H2,2H3/b16-6-,34-5+,53-51-,54-50?. The summed E-state index contributed by atoms with van der Waals surface area (Å²) in [6.07, 6.45) is 7.67. The Hall–Kier alpha value is -6.95. The van der Waals surface area contributed by atoms with Gasteiger partial charge >= 0.3 is 0 Å². The van der Waals surface area contributed by atoms with Gasteiger partial charge in [-0.25, -0.2) is 15.0 Å². The smallest absolute Gasteiger partial charge is 0.161 e. The first-order valence-electron chi connectivity index (χ1n) is 18.7. The number of benzene rings is 7. The summed E-state index contributed by atoms with van der Waals surface area (Å²) in [4.78, 5) is 14.7. The lowest BCUT2D eigenvalue weighted by atomic mass is 9.99. The lowest BCUT2D eigenvalue weighted by molar-refractivity contribution is 0.793. The molecular weight excluding hydrogens is 701 g/mol. The van der Waals surface area contributed by atoms with Gasteiger partial charge in [-0.15, -0.1) is 11.3 Å². The zero-order valence-corrected chi connectivity index (χ0v) is 31.9. The molecule has 0 atom stereocenters. The van der Waals surface area contributed by atoms with Crippen molar-refractivity contribution in [1.82, 2.24) is 4.57 Å². The quantitative estimate of drug-likeness (QED) is 0.0846. The topological polar surface area (TPSA) is 42.0 Å². The van der Waals surface area contributed by atoms with Crippen molar-refractivity contribution in [2.75, 3.05) is 0 Å². The summed E-state index contributed by atoms with van der Waals surface area (Å²) in [7, 11) is 0. The highest BCUT2D eigenvalue weighted by Crippen LogP contribution is 2.45. The fourth-order valence-electron chi connectivity index (χ4n) is 7.70. The lowest BCUT2D eigenvalue weighted by Crippen LogP contribution is -2.07. The number of rotatable bonds is 8. The van der Waals surface area contributed by atoms with Gasteiger partial charge in [0, 0.05) is 42.1 Å². The summed E-state index contributed by atoms with van der Waals surface area (Å²) < 4.78 is 4.87. The highest BCUT2D eigenvalue weighted by atomic mass is 32.1. The fourth-order valence-corrected chi connectivity index (χ4v) is 8.94. The van der Waals surface area contributed by atoms with Gasteiger partial charge in [-0.3, -0.25) is 0 Å². The van der Waals surface area contributed by atoms with Crippen molar-refractivity contribution in [2.24, 2.45) is 15.0 Å². The summed E-state index contributed by atoms with van der Waals surface area (Å²) in [5.74, 6) is 1.08. The van der Waals surface area contributed by atoms with Gasteiger partial charge in [0.25, 0.3) is 0 Å². The van der Waals surface area contributed by atoms with Crippen LogP contribution in [0.2, 0.25) is 0 Å². The van der Waals surface area contributed by atoms with E-state index in [-0.39, 0.29) is 0 Å². The number of allylic oxidation sites excluding steroid dienone is 3. The van der Waals surface area contributed by atoms with E-state index in [0.717, 1.165) is 22.2 Å². The molecule has 2 aromatic heterocycles. The molecule has 0 bridgehead atoms. The summed E-state index contributed by atoms with van der Waals surface area (Å²) in [5.41, 5.74) is 8.82. The van der Waals surface area contributed by atoms with Crippen LogP contribution in [0.25, 0.3) is 75.0 Å². The molecule has 9 rings (SSSR count). The number of nitrogens with zero attached hydrogens (tertiary/aromatic N) is 4. The molecule has 56 heavy (non-hydrogen) atoms. The Bertz CT molecular complexity index is 3090. The molecule has 9 aromatic rings. The van der Waals surface area contributed by atoms with Crippen LogP contribution in [0.3, 0.4) is 0 Å². The van der Waals surface area contributed by atoms with Crippen LogP contribution >= 0.6 is 11.3 Å². The van der Waals surface area contributed by atoms with Crippen molar-refractivity contribution in [3.8, 4) is 22.3 Å².